The van der Waals surface area contributed by atoms with Crippen LogP contribution in [0.15, 0.2) is 30.8 Å². The summed E-state index contributed by atoms with van der Waals surface area (Å²) >= 11 is 0. The minimum Gasteiger partial charge on any atom is -0.384 e. The van der Waals surface area contributed by atoms with Gasteiger partial charge in [-0.3, -0.25) is 4.90 Å². The Hall–Kier alpha value is -1.12. The van der Waals surface area contributed by atoms with Crippen LogP contribution in [0.4, 0.5) is 0 Å². The predicted molar refractivity (Wildman–Crippen MR) is 85.6 cm³/mol. The van der Waals surface area contributed by atoms with Gasteiger partial charge in [-0.25, -0.2) is 0 Å². The molecule has 1 saturated heterocycles. The molecule has 0 amide bonds. The standard InChI is InChI=1S/C18H27NO/c1-4-16-6-5-7-17(12-16)13-19-10-8-18(9-11-19)15(2)14-20-3/h4-7,12,15,18H,1,8-11,13-14H2,2-3H3. The first-order chi connectivity index (χ1) is 9.72. The van der Waals surface area contributed by atoms with Crippen LogP contribution in [0.2, 0.25) is 0 Å². The topological polar surface area (TPSA) is 12.5 Å². The molecule has 0 bridgehead atoms. The maximum atomic E-state index is 5.28. The zero-order valence-electron chi connectivity index (χ0n) is 12.8. The second kappa shape index (κ2) is 7.61. The van der Waals surface area contributed by atoms with Crippen LogP contribution < -0.4 is 0 Å². The zero-order chi connectivity index (χ0) is 14.4. The van der Waals surface area contributed by atoms with Crippen molar-refractivity contribution in [1.29, 1.82) is 0 Å². The highest BCUT2D eigenvalue weighted by molar-refractivity contribution is 5.47. The fourth-order valence-corrected chi connectivity index (χ4v) is 3.16. The van der Waals surface area contributed by atoms with Crippen molar-refractivity contribution in [2.45, 2.75) is 26.3 Å². The van der Waals surface area contributed by atoms with Crippen molar-refractivity contribution in [3.63, 3.8) is 0 Å². The number of rotatable bonds is 6. The van der Waals surface area contributed by atoms with E-state index in [1.807, 2.05) is 6.08 Å². The summed E-state index contributed by atoms with van der Waals surface area (Å²) in [7, 11) is 1.80. The zero-order valence-corrected chi connectivity index (χ0v) is 12.8. The van der Waals surface area contributed by atoms with Gasteiger partial charge in [0.15, 0.2) is 0 Å². The second-order valence-electron chi connectivity index (χ2n) is 6.00. The van der Waals surface area contributed by atoms with Gasteiger partial charge in [-0.1, -0.05) is 43.8 Å². The molecule has 20 heavy (non-hydrogen) atoms. The maximum Gasteiger partial charge on any atom is 0.0490 e. The lowest BCUT2D eigenvalue weighted by Gasteiger charge is -2.34. The smallest absolute Gasteiger partial charge is 0.0490 e. The van der Waals surface area contributed by atoms with E-state index in [9.17, 15) is 0 Å². The van der Waals surface area contributed by atoms with Crippen LogP contribution in [-0.2, 0) is 11.3 Å². The lowest BCUT2D eigenvalue weighted by atomic mass is 9.86. The molecular weight excluding hydrogens is 246 g/mol. The van der Waals surface area contributed by atoms with Crippen molar-refractivity contribution in [2.24, 2.45) is 11.8 Å². The molecule has 0 saturated carbocycles. The minimum absolute atomic E-state index is 0.686. The number of hydrogen-bond donors (Lipinski definition) is 0. The highest BCUT2D eigenvalue weighted by atomic mass is 16.5. The van der Waals surface area contributed by atoms with Gasteiger partial charge in [0.1, 0.15) is 0 Å². The Morgan fingerprint density at radius 2 is 2.15 bits per heavy atom. The molecule has 1 unspecified atom stereocenters. The predicted octanol–water partition coefficient (Wildman–Crippen LogP) is 3.82. The first kappa shape index (κ1) is 15.3. The van der Waals surface area contributed by atoms with E-state index in [0.717, 1.165) is 19.1 Å². The first-order valence-corrected chi connectivity index (χ1v) is 7.65. The lowest BCUT2D eigenvalue weighted by Crippen LogP contribution is -2.36. The molecule has 2 heteroatoms. The molecule has 0 aliphatic carbocycles. The second-order valence-corrected chi connectivity index (χ2v) is 6.00. The van der Waals surface area contributed by atoms with E-state index in [0.29, 0.717) is 5.92 Å². The Balaban J connectivity index is 1.83. The van der Waals surface area contributed by atoms with Crippen molar-refractivity contribution >= 4 is 6.08 Å². The summed E-state index contributed by atoms with van der Waals surface area (Å²) in [5, 5.41) is 0. The van der Waals surface area contributed by atoms with Gasteiger partial charge < -0.3 is 4.74 Å². The average molecular weight is 273 g/mol. The summed E-state index contributed by atoms with van der Waals surface area (Å²) in [5.74, 6) is 1.51. The Morgan fingerprint density at radius 3 is 2.80 bits per heavy atom. The normalized spacial score (nSPS) is 18.9. The highest BCUT2D eigenvalue weighted by Gasteiger charge is 2.23. The fraction of sp³-hybridized carbons (Fsp3) is 0.556. The van der Waals surface area contributed by atoms with E-state index < -0.39 is 0 Å². The molecule has 1 heterocycles. The molecule has 2 rings (SSSR count). The summed E-state index contributed by atoms with van der Waals surface area (Å²) in [5.41, 5.74) is 2.61. The van der Waals surface area contributed by atoms with E-state index in [4.69, 9.17) is 4.74 Å². The monoisotopic (exact) mass is 273 g/mol. The maximum absolute atomic E-state index is 5.28. The van der Waals surface area contributed by atoms with Gasteiger partial charge in [-0.05, 0) is 48.9 Å². The van der Waals surface area contributed by atoms with Gasteiger partial charge in [0.2, 0.25) is 0 Å². The summed E-state index contributed by atoms with van der Waals surface area (Å²) in [6.07, 6.45) is 4.51. The summed E-state index contributed by atoms with van der Waals surface area (Å²) in [6.45, 7) is 10.5. The van der Waals surface area contributed by atoms with Crippen molar-refractivity contribution in [3.8, 4) is 0 Å². The summed E-state index contributed by atoms with van der Waals surface area (Å²) < 4.78 is 5.28. The number of ether oxygens (including phenoxy) is 1. The van der Waals surface area contributed by atoms with Gasteiger partial charge >= 0.3 is 0 Å². The van der Waals surface area contributed by atoms with E-state index in [-0.39, 0.29) is 0 Å². The molecule has 0 aromatic heterocycles. The molecule has 1 atom stereocenters. The van der Waals surface area contributed by atoms with E-state index in [2.05, 4.69) is 42.7 Å². The van der Waals surface area contributed by atoms with E-state index in [1.54, 1.807) is 7.11 Å². The van der Waals surface area contributed by atoms with Gasteiger partial charge in [-0.2, -0.15) is 0 Å². The molecule has 1 aliphatic heterocycles. The lowest BCUT2D eigenvalue weighted by molar-refractivity contribution is 0.0879. The van der Waals surface area contributed by atoms with Crippen LogP contribution >= 0.6 is 0 Å². The molecule has 0 spiro atoms. The first-order valence-electron chi connectivity index (χ1n) is 7.65. The van der Waals surface area contributed by atoms with Crippen LogP contribution in [-0.4, -0.2) is 31.7 Å². The Kier molecular flexibility index (Phi) is 5.81. The number of nitrogens with zero attached hydrogens (tertiary/aromatic N) is 1. The largest absolute Gasteiger partial charge is 0.384 e. The molecule has 0 radical (unpaired) electrons. The quantitative estimate of drug-likeness (QED) is 0.781. The van der Waals surface area contributed by atoms with Gasteiger partial charge in [0.05, 0.1) is 0 Å². The van der Waals surface area contributed by atoms with Crippen molar-refractivity contribution in [1.82, 2.24) is 4.90 Å². The third-order valence-corrected chi connectivity index (χ3v) is 4.46. The molecule has 1 aliphatic rings. The summed E-state index contributed by atoms with van der Waals surface area (Å²) in [6, 6.07) is 8.69. The number of piperidine rings is 1. The van der Waals surface area contributed by atoms with Crippen LogP contribution in [0, 0.1) is 11.8 Å². The molecular formula is C18H27NO. The SMILES string of the molecule is C=Cc1cccc(CN2CCC(C(C)COC)CC2)c1. The van der Waals surface area contributed by atoms with Crippen molar-refractivity contribution < 1.29 is 4.74 Å². The number of likely N-dealkylation sites (tertiary alicyclic amines) is 1. The minimum atomic E-state index is 0.686. The Bertz CT molecular complexity index is 421. The van der Waals surface area contributed by atoms with Crippen LogP contribution in [0.3, 0.4) is 0 Å². The Morgan fingerprint density at radius 1 is 1.40 bits per heavy atom. The molecule has 1 aromatic rings. The van der Waals surface area contributed by atoms with Crippen LogP contribution in [0.1, 0.15) is 30.9 Å². The molecule has 110 valence electrons. The molecule has 1 fully saturated rings. The van der Waals surface area contributed by atoms with Gasteiger partial charge in [0.25, 0.3) is 0 Å². The number of benzene rings is 1. The summed E-state index contributed by atoms with van der Waals surface area (Å²) in [4.78, 5) is 2.57. The highest BCUT2D eigenvalue weighted by Crippen LogP contribution is 2.26. The van der Waals surface area contributed by atoms with E-state index in [1.165, 1.54) is 37.1 Å². The molecule has 1 aromatic carbocycles. The molecule has 2 nitrogen and oxygen atoms in total. The van der Waals surface area contributed by atoms with Crippen LogP contribution in [0.5, 0.6) is 0 Å². The third-order valence-electron chi connectivity index (χ3n) is 4.46. The number of methoxy groups -OCH3 is 1. The third kappa shape index (κ3) is 4.19. The number of hydrogen-bond acceptors (Lipinski definition) is 2. The van der Waals surface area contributed by atoms with Gasteiger partial charge in [-0.15, -0.1) is 0 Å². The fourth-order valence-electron chi connectivity index (χ4n) is 3.16. The van der Waals surface area contributed by atoms with Crippen LogP contribution in [0.25, 0.3) is 6.08 Å². The average Bonchev–Trinajstić information content (AvgIpc) is 2.48. The van der Waals surface area contributed by atoms with Crippen molar-refractivity contribution in [2.75, 3.05) is 26.8 Å². The van der Waals surface area contributed by atoms with E-state index >= 15 is 0 Å². The van der Waals surface area contributed by atoms with Gasteiger partial charge in [0, 0.05) is 20.3 Å². The Labute approximate surface area is 123 Å². The molecule has 0 N–H and O–H groups in total. The van der Waals surface area contributed by atoms with Crippen molar-refractivity contribution in [3.05, 3.63) is 42.0 Å².